The Labute approximate surface area is 64.1 Å². The largest absolute Gasteiger partial charge is 0.378 e. The molecule has 2 saturated heterocycles. The molecule has 2 rings (SSSR count). The summed E-state index contributed by atoms with van der Waals surface area (Å²) in [5, 5.41) is 1.42. The van der Waals surface area contributed by atoms with E-state index in [4.69, 9.17) is 0 Å². The lowest BCUT2D eigenvalue weighted by atomic mass is 10.1. The molecular formula is C6H10N2OS. The van der Waals surface area contributed by atoms with Crippen molar-refractivity contribution >= 4 is 17.5 Å². The predicted octanol–water partition coefficient (Wildman–Crippen LogP) is -1.77. The van der Waals surface area contributed by atoms with E-state index < -0.39 is 0 Å². The van der Waals surface area contributed by atoms with Gasteiger partial charge in [0.05, 0.1) is 17.5 Å². The number of thioether (sulfide) groups is 1. The van der Waals surface area contributed by atoms with Gasteiger partial charge in [-0.1, -0.05) is 0 Å². The molecule has 0 bridgehead atoms. The van der Waals surface area contributed by atoms with Gasteiger partial charge in [-0.05, 0) is 0 Å². The topological polar surface area (TPSA) is 33.5 Å². The lowest BCUT2D eigenvalue weighted by Crippen LogP contribution is -3.15. The Morgan fingerprint density at radius 3 is 3.30 bits per heavy atom. The van der Waals surface area contributed by atoms with Crippen molar-refractivity contribution in [3.63, 3.8) is 0 Å². The van der Waals surface area contributed by atoms with Gasteiger partial charge < -0.3 is 5.01 Å². The predicted molar refractivity (Wildman–Crippen MR) is 39.4 cm³/mol. The van der Waals surface area contributed by atoms with Gasteiger partial charge in [-0.25, -0.2) is 0 Å². The van der Waals surface area contributed by atoms with Crippen LogP contribution in [0, 0.1) is 7.05 Å². The van der Waals surface area contributed by atoms with E-state index in [-0.39, 0.29) is 6.04 Å². The second-order valence-corrected chi connectivity index (χ2v) is 3.93. The van der Waals surface area contributed by atoms with Crippen LogP contribution in [0.15, 0.2) is 0 Å². The summed E-state index contributed by atoms with van der Waals surface area (Å²) in [6.45, 7) is 0.930. The van der Waals surface area contributed by atoms with Crippen LogP contribution < -0.4 is 10.4 Å². The quantitative estimate of drug-likeness (QED) is 0.410. The van der Waals surface area contributed by atoms with Crippen molar-refractivity contribution in [2.75, 3.05) is 12.3 Å². The Morgan fingerprint density at radius 1 is 1.80 bits per heavy atom. The molecular weight excluding hydrogens is 148 g/mol. The number of carbonyl (C=O) groups excluding carboxylic acids is 1. The third-order valence-corrected chi connectivity index (χ3v) is 3.38. The van der Waals surface area contributed by atoms with Crippen LogP contribution in [0.1, 0.15) is 0 Å². The van der Waals surface area contributed by atoms with Gasteiger partial charge >= 0.3 is 0 Å². The lowest BCUT2D eigenvalue weighted by Gasteiger charge is -2.18. The lowest BCUT2D eigenvalue weighted by molar-refractivity contribution is -0.901. The van der Waals surface area contributed by atoms with Crippen molar-refractivity contribution < 1.29 is 9.80 Å². The van der Waals surface area contributed by atoms with Crippen molar-refractivity contribution in [2.45, 2.75) is 11.3 Å². The fourth-order valence-corrected chi connectivity index (χ4v) is 2.79. The number of fused-ring (bicyclic) bond motifs is 1. The maximum Gasteiger partial charge on any atom is 0.200 e. The Hall–Kier alpha value is -0.0600. The van der Waals surface area contributed by atoms with Gasteiger partial charge in [-0.3, -0.25) is 4.79 Å². The highest BCUT2D eigenvalue weighted by molar-refractivity contribution is 8.01. The highest BCUT2D eigenvalue weighted by Gasteiger charge is 2.44. The SMILES string of the molecule is [CH2-][NH+]1NCC2SCC(=O)C21. The van der Waals surface area contributed by atoms with Crippen LogP contribution in [0.25, 0.3) is 0 Å². The van der Waals surface area contributed by atoms with Crippen molar-refractivity contribution in [2.24, 2.45) is 0 Å². The van der Waals surface area contributed by atoms with Crippen LogP contribution in [0.4, 0.5) is 0 Å². The van der Waals surface area contributed by atoms with Gasteiger partial charge in [0.15, 0.2) is 11.8 Å². The second kappa shape index (κ2) is 2.22. The Morgan fingerprint density at radius 2 is 2.60 bits per heavy atom. The standard InChI is InChI=1S/C6H10N2OS/c1-8-6-4(9)3-10-5(6)2-7-8/h5-8H,1-3H2. The summed E-state index contributed by atoms with van der Waals surface area (Å²) in [4.78, 5) is 11.1. The summed E-state index contributed by atoms with van der Waals surface area (Å²) in [5.74, 6) is 1.04. The van der Waals surface area contributed by atoms with Crippen LogP contribution in [0.2, 0.25) is 0 Å². The van der Waals surface area contributed by atoms with Crippen molar-refractivity contribution in [3.8, 4) is 0 Å². The van der Waals surface area contributed by atoms with Gasteiger partial charge in [0, 0.05) is 0 Å². The van der Waals surface area contributed by atoms with E-state index in [9.17, 15) is 4.79 Å². The third kappa shape index (κ3) is 0.794. The molecule has 2 N–H and O–H groups in total. The minimum absolute atomic E-state index is 0.130. The van der Waals surface area contributed by atoms with Crippen LogP contribution in [-0.2, 0) is 4.79 Å². The monoisotopic (exact) mass is 158 g/mol. The summed E-state index contributed by atoms with van der Waals surface area (Å²) in [6.07, 6.45) is 0. The molecule has 0 aromatic carbocycles. The zero-order valence-corrected chi connectivity index (χ0v) is 6.41. The fourth-order valence-electron chi connectivity index (χ4n) is 1.52. The molecule has 3 atom stereocenters. The van der Waals surface area contributed by atoms with E-state index in [1.54, 1.807) is 11.8 Å². The first-order valence-electron chi connectivity index (χ1n) is 3.36. The number of carbonyl (C=O) groups is 1. The van der Waals surface area contributed by atoms with Gasteiger partial charge in [0.2, 0.25) is 0 Å². The van der Waals surface area contributed by atoms with Gasteiger partial charge in [-0.15, -0.1) is 18.8 Å². The number of rotatable bonds is 0. The van der Waals surface area contributed by atoms with E-state index in [1.165, 1.54) is 0 Å². The number of quaternary nitrogens is 1. The molecule has 0 amide bonds. The summed E-state index contributed by atoms with van der Waals surface area (Å²) in [5.41, 5.74) is 3.12. The van der Waals surface area contributed by atoms with Crippen LogP contribution >= 0.6 is 11.8 Å². The van der Waals surface area contributed by atoms with E-state index in [0.29, 0.717) is 16.8 Å². The first kappa shape index (κ1) is 6.64. The normalized spacial score (nSPS) is 46.1. The average Bonchev–Trinajstić information content (AvgIpc) is 2.40. The molecule has 2 aliphatic heterocycles. The molecule has 0 radical (unpaired) electrons. The Kier molecular flexibility index (Phi) is 1.47. The third-order valence-electron chi connectivity index (χ3n) is 2.06. The number of Topliss-reactive ketones (excluding diaryl/α,β-unsaturated/α-hetero) is 1. The minimum atomic E-state index is 0.130. The zero-order chi connectivity index (χ0) is 7.14. The van der Waals surface area contributed by atoms with E-state index >= 15 is 0 Å². The van der Waals surface area contributed by atoms with Crippen molar-refractivity contribution in [1.82, 2.24) is 5.43 Å². The molecule has 4 heteroatoms. The molecule has 3 nitrogen and oxygen atoms in total. The molecule has 0 spiro atoms. The molecule has 0 aromatic heterocycles. The molecule has 2 aliphatic rings. The summed E-state index contributed by atoms with van der Waals surface area (Å²) in [6, 6.07) is 0.130. The first-order chi connectivity index (χ1) is 4.79. The van der Waals surface area contributed by atoms with Gasteiger partial charge in [-0.2, -0.15) is 5.43 Å². The van der Waals surface area contributed by atoms with E-state index in [1.807, 2.05) is 0 Å². The molecule has 0 aliphatic carbocycles. The van der Waals surface area contributed by atoms with Crippen molar-refractivity contribution in [3.05, 3.63) is 7.05 Å². The van der Waals surface area contributed by atoms with Crippen LogP contribution in [0.5, 0.6) is 0 Å². The molecule has 2 heterocycles. The zero-order valence-electron chi connectivity index (χ0n) is 5.59. The molecule has 3 unspecified atom stereocenters. The number of ketones is 1. The smallest absolute Gasteiger partial charge is 0.200 e. The van der Waals surface area contributed by atoms with E-state index in [2.05, 4.69) is 12.5 Å². The molecule has 2 fully saturated rings. The molecule has 10 heavy (non-hydrogen) atoms. The summed E-state index contributed by atoms with van der Waals surface area (Å²) in [7, 11) is 3.80. The average molecular weight is 158 g/mol. The highest BCUT2D eigenvalue weighted by atomic mass is 32.2. The maximum atomic E-state index is 11.1. The molecule has 56 valence electrons. The maximum absolute atomic E-state index is 11.1. The summed E-state index contributed by atoms with van der Waals surface area (Å²) >= 11 is 1.75. The van der Waals surface area contributed by atoms with E-state index in [0.717, 1.165) is 11.6 Å². The van der Waals surface area contributed by atoms with Crippen LogP contribution in [-0.4, -0.2) is 29.4 Å². The second-order valence-electron chi connectivity index (χ2n) is 2.70. The Balaban J connectivity index is 2.19. The highest BCUT2D eigenvalue weighted by Crippen LogP contribution is 2.23. The van der Waals surface area contributed by atoms with Crippen LogP contribution in [0.3, 0.4) is 0 Å². The molecule has 0 saturated carbocycles. The van der Waals surface area contributed by atoms with Gasteiger partial charge in [0.1, 0.15) is 0 Å². The molecule has 0 aromatic rings. The minimum Gasteiger partial charge on any atom is -0.378 e. The first-order valence-corrected chi connectivity index (χ1v) is 4.41. The number of hydrogen-bond acceptors (Lipinski definition) is 3. The Bertz CT molecular complexity index is 173. The number of hydrogen-bond donors (Lipinski definition) is 2. The van der Waals surface area contributed by atoms with Gasteiger partial charge in [0.25, 0.3) is 0 Å². The van der Waals surface area contributed by atoms with Crippen molar-refractivity contribution in [1.29, 1.82) is 0 Å². The number of nitrogens with one attached hydrogen (secondary N) is 2. The summed E-state index contributed by atoms with van der Waals surface area (Å²) < 4.78 is 0. The fraction of sp³-hybridized carbons (Fsp3) is 0.667.